The average molecular weight is 353 g/mol. The Kier molecular flexibility index (Phi) is 3.78. The van der Waals surface area contributed by atoms with Crippen LogP contribution in [0.15, 0.2) is 52.3 Å². The lowest BCUT2D eigenvalue weighted by molar-refractivity contribution is 1.17. The standard InChI is InChI=1S/C15H11BrClNS/c16-15-12(17)5-3-6-13(15)18-8-10-9-19-14-7-2-1-4-11(10)14/h1-7,9,18H,8H2. The minimum Gasteiger partial charge on any atom is -0.380 e. The van der Waals surface area contributed by atoms with Gasteiger partial charge in [0.05, 0.1) is 15.2 Å². The molecule has 4 heteroatoms. The molecule has 96 valence electrons. The maximum absolute atomic E-state index is 6.08. The molecule has 0 bridgehead atoms. The van der Waals surface area contributed by atoms with Crippen LogP contribution in [-0.4, -0.2) is 0 Å². The highest BCUT2D eigenvalue weighted by molar-refractivity contribution is 9.10. The van der Waals surface area contributed by atoms with Crippen LogP contribution < -0.4 is 5.32 Å². The minimum atomic E-state index is 0.722. The zero-order valence-corrected chi connectivity index (χ0v) is 13.1. The number of benzene rings is 2. The van der Waals surface area contributed by atoms with Crippen LogP contribution in [0.4, 0.5) is 5.69 Å². The van der Waals surface area contributed by atoms with E-state index in [1.165, 1.54) is 15.6 Å². The van der Waals surface area contributed by atoms with Crippen molar-refractivity contribution in [3.8, 4) is 0 Å². The second kappa shape index (κ2) is 5.53. The fraction of sp³-hybridized carbons (Fsp3) is 0.0667. The molecule has 1 aromatic heterocycles. The van der Waals surface area contributed by atoms with Crippen LogP contribution in [0.25, 0.3) is 10.1 Å². The highest BCUT2D eigenvalue weighted by atomic mass is 79.9. The van der Waals surface area contributed by atoms with E-state index >= 15 is 0 Å². The van der Waals surface area contributed by atoms with Crippen molar-refractivity contribution in [1.82, 2.24) is 0 Å². The summed E-state index contributed by atoms with van der Waals surface area (Å²) in [5.41, 5.74) is 2.33. The van der Waals surface area contributed by atoms with Gasteiger partial charge < -0.3 is 5.32 Å². The molecule has 0 saturated heterocycles. The van der Waals surface area contributed by atoms with Crippen molar-refractivity contribution in [1.29, 1.82) is 0 Å². The molecule has 1 heterocycles. The van der Waals surface area contributed by atoms with Crippen molar-refractivity contribution in [2.24, 2.45) is 0 Å². The third-order valence-corrected chi connectivity index (χ3v) is 5.39. The number of rotatable bonds is 3. The molecule has 3 rings (SSSR count). The lowest BCUT2D eigenvalue weighted by atomic mass is 10.2. The normalized spacial score (nSPS) is 10.8. The van der Waals surface area contributed by atoms with Gasteiger partial charge in [0.25, 0.3) is 0 Å². The van der Waals surface area contributed by atoms with Crippen LogP contribution >= 0.6 is 38.9 Å². The summed E-state index contributed by atoms with van der Waals surface area (Å²) in [5, 5.41) is 7.67. The van der Waals surface area contributed by atoms with E-state index in [2.05, 4.69) is 50.9 Å². The second-order valence-corrected chi connectivity index (χ2v) is 6.32. The van der Waals surface area contributed by atoms with Gasteiger partial charge in [-0.05, 0) is 50.5 Å². The Hall–Kier alpha value is -1.03. The summed E-state index contributed by atoms with van der Waals surface area (Å²) in [6.45, 7) is 0.795. The van der Waals surface area contributed by atoms with Gasteiger partial charge in [-0.15, -0.1) is 11.3 Å². The van der Waals surface area contributed by atoms with E-state index < -0.39 is 0 Å². The Morgan fingerprint density at radius 2 is 1.95 bits per heavy atom. The molecule has 19 heavy (non-hydrogen) atoms. The van der Waals surface area contributed by atoms with Crippen LogP contribution in [0.5, 0.6) is 0 Å². The van der Waals surface area contributed by atoms with Crippen molar-refractivity contribution in [2.75, 3.05) is 5.32 Å². The summed E-state index contributed by atoms with van der Waals surface area (Å²) in [6, 6.07) is 14.3. The molecule has 0 amide bonds. The maximum Gasteiger partial charge on any atom is 0.0593 e. The van der Waals surface area contributed by atoms with E-state index in [9.17, 15) is 0 Å². The van der Waals surface area contributed by atoms with Crippen LogP contribution in [0.1, 0.15) is 5.56 Å². The minimum absolute atomic E-state index is 0.722. The SMILES string of the molecule is Clc1cccc(NCc2csc3ccccc23)c1Br. The van der Waals surface area contributed by atoms with E-state index in [-0.39, 0.29) is 0 Å². The highest BCUT2D eigenvalue weighted by Gasteiger charge is 2.06. The van der Waals surface area contributed by atoms with E-state index in [4.69, 9.17) is 11.6 Å². The Labute approximate surface area is 129 Å². The largest absolute Gasteiger partial charge is 0.380 e. The van der Waals surface area contributed by atoms with Gasteiger partial charge in [0.1, 0.15) is 0 Å². The number of anilines is 1. The van der Waals surface area contributed by atoms with Crippen molar-refractivity contribution < 1.29 is 0 Å². The number of hydrogen-bond acceptors (Lipinski definition) is 2. The first-order valence-corrected chi connectivity index (χ1v) is 7.94. The first-order chi connectivity index (χ1) is 9.25. The lowest BCUT2D eigenvalue weighted by Gasteiger charge is -2.09. The number of hydrogen-bond donors (Lipinski definition) is 1. The molecule has 0 saturated carbocycles. The van der Waals surface area contributed by atoms with Gasteiger partial charge in [0, 0.05) is 11.2 Å². The molecule has 0 aliphatic heterocycles. The molecule has 0 aliphatic carbocycles. The maximum atomic E-state index is 6.08. The van der Waals surface area contributed by atoms with E-state index in [1.807, 2.05) is 18.2 Å². The third-order valence-electron chi connectivity index (χ3n) is 2.98. The van der Waals surface area contributed by atoms with Crippen molar-refractivity contribution in [3.05, 3.63) is 62.9 Å². The second-order valence-electron chi connectivity index (χ2n) is 4.21. The smallest absolute Gasteiger partial charge is 0.0593 e. The first kappa shape index (κ1) is 13.0. The van der Waals surface area contributed by atoms with Gasteiger partial charge in [-0.2, -0.15) is 0 Å². The van der Waals surface area contributed by atoms with Gasteiger partial charge in [0.15, 0.2) is 0 Å². The molecule has 0 unspecified atom stereocenters. The quantitative estimate of drug-likeness (QED) is 0.616. The number of fused-ring (bicyclic) bond motifs is 1. The molecule has 1 nitrogen and oxygen atoms in total. The Morgan fingerprint density at radius 3 is 2.84 bits per heavy atom. The molecule has 0 spiro atoms. The molecule has 0 fully saturated rings. The molecular formula is C15H11BrClNS. The van der Waals surface area contributed by atoms with E-state index in [1.54, 1.807) is 11.3 Å². The van der Waals surface area contributed by atoms with Crippen molar-refractivity contribution in [3.63, 3.8) is 0 Å². The highest BCUT2D eigenvalue weighted by Crippen LogP contribution is 2.31. The summed E-state index contributed by atoms with van der Waals surface area (Å²) < 4.78 is 2.24. The van der Waals surface area contributed by atoms with Crippen LogP contribution in [-0.2, 0) is 6.54 Å². The molecule has 3 aromatic rings. The molecular weight excluding hydrogens is 342 g/mol. The Morgan fingerprint density at radius 1 is 1.11 bits per heavy atom. The molecule has 2 aromatic carbocycles. The Balaban J connectivity index is 1.84. The Bertz CT molecular complexity index is 723. The van der Waals surface area contributed by atoms with Crippen LogP contribution in [0.2, 0.25) is 5.02 Å². The van der Waals surface area contributed by atoms with Crippen molar-refractivity contribution in [2.45, 2.75) is 6.54 Å². The van der Waals surface area contributed by atoms with Gasteiger partial charge in [-0.3, -0.25) is 0 Å². The summed E-state index contributed by atoms with van der Waals surface area (Å²) in [6.07, 6.45) is 0. The zero-order valence-electron chi connectivity index (χ0n) is 9.99. The summed E-state index contributed by atoms with van der Waals surface area (Å²) >= 11 is 11.4. The van der Waals surface area contributed by atoms with Crippen LogP contribution in [0, 0.1) is 0 Å². The predicted octanol–water partition coefficient (Wildman–Crippen LogP) is 5.93. The monoisotopic (exact) mass is 351 g/mol. The first-order valence-electron chi connectivity index (χ1n) is 5.88. The summed E-state index contributed by atoms with van der Waals surface area (Å²) in [7, 11) is 0. The molecule has 1 N–H and O–H groups in total. The molecule has 0 aliphatic rings. The fourth-order valence-corrected chi connectivity index (χ4v) is 3.54. The summed E-state index contributed by atoms with van der Waals surface area (Å²) in [5.74, 6) is 0. The molecule has 0 radical (unpaired) electrons. The van der Waals surface area contributed by atoms with Crippen LogP contribution in [0.3, 0.4) is 0 Å². The average Bonchev–Trinajstić information content (AvgIpc) is 2.84. The number of thiophene rings is 1. The van der Waals surface area contributed by atoms with Gasteiger partial charge in [-0.25, -0.2) is 0 Å². The summed E-state index contributed by atoms with van der Waals surface area (Å²) in [4.78, 5) is 0. The zero-order chi connectivity index (χ0) is 13.2. The van der Waals surface area contributed by atoms with E-state index in [0.29, 0.717) is 0 Å². The number of nitrogens with one attached hydrogen (secondary N) is 1. The van der Waals surface area contributed by atoms with Gasteiger partial charge in [0.2, 0.25) is 0 Å². The van der Waals surface area contributed by atoms with Crippen molar-refractivity contribution >= 4 is 54.6 Å². The number of halogens is 2. The predicted molar refractivity (Wildman–Crippen MR) is 88.3 cm³/mol. The third kappa shape index (κ3) is 2.64. The van der Waals surface area contributed by atoms with Gasteiger partial charge in [-0.1, -0.05) is 35.9 Å². The topological polar surface area (TPSA) is 12.0 Å². The van der Waals surface area contributed by atoms with Gasteiger partial charge >= 0.3 is 0 Å². The van der Waals surface area contributed by atoms with E-state index in [0.717, 1.165) is 21.7 Å². The molecule has 0 atom stereocenters. The fourth-order valence-electron chi connectivity index (χ4n) is 2.00. The lowest BCUT2D eigenvalue weighted by Crippen LogP contribution is -1.99.